The molecule has 4 heteroatoms. The summed E-state index contributed by atoms with van der Waals surface area (Å²) in [5.74, 6) is 0. The van der Waals surface area contributed by atoms with Crippen LogP contribution in [0.25, 0.3) is 0 Å². The smallest absolute Gasteiger partial charge is 0.211 e. The predicted octanol–water partition coefficient (Wildman–Crippen LogP) is 2.55. The Morgan fingerprint density at radius 2 is 2.00 bits per heavy atom. The Morgan fingerprint density at radius 1 is 1.29 bits per heavy atom. The molecular formula is C13H19NO2S. The molecule has 0 unspecified atom stereocenters. The Bertz CT molecular complexity index is 504. The molecule has 0 amide bonds. The number of allylic oxidation sites excluding steroid dienone is 1. The van der Waals surface area contributed by atoms with Crippen molar-refractivity contribution in [2.45, 2.75) is 32.1 Å². The Hall–Kier alpha value is -1.13. The van der Waals surface area contributed by atoms with E-state index in [4.69, 9.17) is 0 Å². The van der Waals surface area contributed by atoms with Crippen LogP contribution < -0.4 is 4.72 Å². The molecule has 0 aliphatic carbocycles. The van der Waals surface area contributed by atoms with Crippen LogP contribution in [0, 0.1) is 13.8 Å². The van der Waals surface area contributed by atoms with Crippen molar-refractivity contribution in [2.24, 2.45) is 0 Å². The number of hydrogen-bond acceptors (Lipinski definition) is 2. The number of hydrogen-bond donors (Lipinski definition) is 1. The van der Waals surface area contributed by atoms with Gasteiger partial charge in [-0.25, -0.2) is 13.1 Å². The Balaban J connectivity index is 2.82. The molecule has 17 heavy (non-hydrogen) atoms. The van der Waals surface area contributed by atoms with E-state index in [2.05, 4.69) is 4.72 Å². The molecule has 0 heterocycles. The summed E-state index contributed by atoms with van der Waals surface area (Å²) in [5, 5.41) is 0. The van der Waals surface area contributed by atoms with Crippen LogP contribution in [0.1, 0.15) is 24.5 Å². The summed E-state index contributed by atoms with van der Waals surface area (Å²) < 4.78 is 26.6. The second-order valence-electron chi connectivity index (χ2n) is 4.02. The lowest BCUT2D eigenvalue weighted by atomic mass is 10.2. The summed E-state index contributed by atoms with van der Waals surface area (Å²) in [4.78, 5) is 0.364. The molecule has 0 bridgehead atoms. The molecule has 0 saturated carbocycles. The van der Waals surface area contributed by atoms with Crippen LogP contribution in [0.15, 0.2) is 35.2 Å². The number of rotatable bonds is 5. The summed E-state index contributed by atoms with van der Waals surface area (Å²) in [5.41, 5.74) is 1.85. The van der Waals surface area contributed by atoms with Crippen LogP contribution in [-0.4, -0.2) is 15.0 Å². The second kappa shape index (κ2) is 5.98. The fourth-order valence-electron chi connectivity index (χ4n) is 1.62. The Labute approximate surface area is 104 Å². The first-order chi connectivity index (χ1) is 7.97. The molecule has 1 N–H and O–H groups in total. The van der Waals surface area contributed by atoms with Gasteiger partial charge in [0.1, 0.15) is 0 Å². The highest BCUT2D eigenvalue weighted by molar-refractivity contribution is 7.89. The van der Waals surface area contributed by atoms with Gasteiger partial charge in [0.05, 0.1) is 4.90 Å². The number of nitrogens with one attached hydrogen (secondary N) is 1. The second-order valence-corrected chi connectivity index (χ2v) is 5.76. The molecular weight excluding hydrogens is 234 g/mol. The molecule has 0 aliphatic heterocycles. The van der Waals surface area contributed by atoms with E-state index in [1.54, 1.807) is 6.07 Å². The highest BCUT2D eigenvalue weighted by Crippen LogP contribution is 2.15. The predicted molar refractivity (Wildman–Crippen MR) is 70.5 cm³/mol. The zero-order chi connectivity index (χ0) is 12.9. The van der Waals surface area contributed by atoms with Crippen molar-refractivity contribution in [3.63, 3.8) is 0 Å². The molecule has 0 aliphatic rings. The lowest BCUT2D eigenvalue weighted by Crippen LogP contribution is -2.25. The summed E-state index contributed by atoms with van der Waals surface area (Å²) in [6, 6.07) is 5.34. The van der Waals surface area contributed by atoms with Crippen LogP contribution in [0.3, 0.4) is 0 Å². The topological polar surface area (TPSA) is 46.2 Å². The van der Waals surface area contributed by atoms with E-state index in [-0.39, 0.29) is 0 Å². The average Bonchev–Trinajstić information content (AvgIpc) is 2.24. The normalized spacial score (nSPS) is 12.2. The minimum Gasteiger partial charge on any atom is -0.211 e. The van der Waals surface area contributed by atoms with Crippen LogP contribution in [0.4, 0.5) is 0 Å². The minimum atomic E-state index is -3.37. The molecule has 0 spiro atoms. The molecule has 0 radical (unpaired) electrons. The van der Waals surface area contributed by atoms with Crippen molar-refractivity contribution >= 4 is 10.0 Å². The van der Waals surface area contributed by atoms with E-state index in [1.807, 2.05) is 45.1 Å². The van der Waals surface area contributed by atoms with E-state index < -0.39 is 10.0 Å². The van der Waals surface area contributed by atoms with Crippen LogP contribution >= 0.6 is 0 Å². The monoisotopic (exact) mass is 253 g/mol. The highest BCUT2D eigenvalue weighted by Gasteiger charge is 2.15. The molecule has 0 saturated heterocycles. The minimum absolute atomic E-state index is 0.364. The van der Waals surface area contributed by atoms with Gasteiger partial charge in [0.2, 0.25) is 10.0 Å². The maximum Gasteiger partial charge on any atom is 0.240 e. The van der Waals surface area contributed by atoms with Gasteiger partial charge in [-0.1, -0.05) is 29.8 Å². The molecule has 1 aromatic carbocycles. The third-order valence-corrected chi connectivity index (χ3v) is 4.08. The zero-order valence-corrected chi connectivity index (χ0v) is 11.3. The van der Waals surface area contributed by atoms with Gasteiger partial charge in [-0.3, -0.25) is 0 Å². The van der Waals surface area contributed by atoms with E-state index >= 15 is 0 Å². The van der Waals surface area contributed by atoms with Crippen LogP contribution in [-0.2, 0) is 10.0 Å². The van der Waals surface area contributed by atoms with Crippen molar-refractivity contribution in [2.75, 3.05) is 6.54 Å². The standard InChI is InChI=1S/C13H19NO2S/c1-4-5-6-9-14-17(15,16)13-8-7-11(2)10-12(13)3/h4-5,7-8,10,14H,6,9H2,1-3H3/b5-4+. The van der Waals surface area contributed by atoms with Gasteiger partial charge in [0.25, 0.3) is 0 Å². The van der Waals surface area contributed by atoms with Crippen LogP contribution in [0.5, 0.6) is 0 Å². The summed E-state index contributed by atoms with van der Waals surface area (Å²) >= 11 is 0. The van der Waals surface area contributed by atoms with Gasteiger partial charge < -0.3 is 0 Å². The third-order valence-electron chi connectivity index (χ3n) is 2.46. The number of sulfonamides is 1. The first-order valence-corrected chi connectivity index (χ1v) is 7.14. The fraction of sp³-hybridized carbons (Fsp3) is 0.385. The van der Waals surface area contributed by atoms with Gasteiger partial charge in [0.15, 0.2) is 0 Å². The Kier molecular flexibility index (Phi) is 4.90. The van der Waals surface area contributed by atoms with E-state index in [9.17, 15) is 8.42 Å². The summed E-state index contributed by atoms with van der Waals surface area (Å²) in [6.07, 6.45) is 4.55. The van der Waals surface area contributed by atoms with Crippen LogP contribution in [0.2, 0.25) is 0 Å². The largest absolute Gasteiger partial charge is 0.240 e. The van der Waals surface area contributed by atoms with Crippen molar-refractivity contribution in [3.8, 4) is 0 Å². The maximum atomic E-state index is 12.0. The molecule has 1 rings (SSSR count). The first-order valence-electron chi connectivity index (χ1n) is 5.65. The molecule has 0 fully saturated rings. The summed E-state index contributed by atoms with van der Waals surface area (Å²) in [6.45, 7) is 6.11. The third kappa shape index (κ3) is 3.98. The molecule has 3 nitrogen and oxygen atoms in total. The van der Waals surface area contributed by atoms with Gasteiger partial charge in [-0.2, -0.15) is 0 Å². The average molecular weight is 253 g/mol. The van der Waals surface area contributed by atoms with Crippen molar-refractivity contribution in [1.29, 1.82) is 0 Å². The van der Waals surface area contributed by atoms with E-state index in [1.165, 1.54) is 0 Å². The lowest BCUT2D eigenvalue weighted by molar-refractivity contribution is 0.581. The van der Waals surface area contributed by atoms with Gasteiger partial charge in [-0.15, -0.1) is 0 Å². The molecule has 0 aromatic heterocycles. The van der Waals surface area contributed by atoms with E-state index in [0.29, 0.717) is 17.9 Å². The SMILES string of the molecule is C/C=C/CCNS(=O)(=O)c1ccc(C)cc1C. The first kappa shape index (κ1) is 13.9. The van der Waals surface area contributed by atoms with Crippen molar-refractivity contribution in [3.05, 3.63) is 41.5 Å². The molecule has 1 aromatic rings. The van der Waals surface area contributed by atoms with Gasteiger partial charge in [-0.05, 0) is 38.8 Å². The lowest BCUT2D eigenvalue weighted by Gasteiger charge is -2.09. The highest BCUT2D eigenvalue weighted by atomic mass is 32.2. The van der Waals surface area contributed by atoms with Crippen molar-refractivity contribution < 1.29 is 8.42 Å². The number of aryl methyl sites for hydroxylation is 2. The molecule has 0 atom stereocenters. The quantitative estimate of drug-likeness (QED) is 0.647. The van der Waals surface area contributed by atoms with Gasteiger partial charge in [0, 0.05) is 6.54 Å². The fourth-order valence-corrected chi connectivity index (χ4v) is 2.89. The summed E-state index contributed by atoms with van der Waals surface area (Å²) in [7, 11) is -3.37. The molecule has 94 valence electrons. The van der Waals surface area contributed by atoms with Crippen molar-refractivity contribution in [1.82, 2.24) is 4.72 Å². The zero-order valence-electron chi connectivity index (χ0n) is 10.5. The Morgan fingerprint density at radius 3 is 2.59 bits per heavy atom. The maximum absolute atomic E-state index is 12.0. The van der Waals surface area contributed by atoms with E-state index in [0.717, 1.165) is 11.1 Å². The van der Waals surface area contributed by atoms with Gasteiger partial charge >= 0.3 is 0 Å². The number of benzene rings is 1.